The molecule has 2 aromatic carbocycles. The molecule has 0 aliphatic carbocycles. The molecule has 0 saturated carbocycles. The van der Waals surface area contributed by atoms with Crippen molar-refractivity contribution < 1.29 is 18.4 Å². The molecular formula is C31H38F2N6O2. The molecule has 8 nitrogen and oxygen atoms in total. The number of hydroxylamine groups is 1. The van der Waals surface area contributed by atoms with E-state index in [1.54, 1.807) is 30.5 Å². The molecule has 3 aliphatic heterocycles. The minimum Gasteiger partial charge on any atom is -0.494 e. The van der Waals surface area contributed by atoms with Crippen LogP contribution in [0.5, 0.6) is 5.75 Å². The first kappa shape index (κ1) is 27.7. The van der Waals surface area contributed by atoms with Crippen LogP contribution in [0.4, 0.5) is 31.7 Å². The van der Waals surface area contributed by atoms with Gasteiger partial charge >= 0.3 is 0 Å². The van der Waals surface area contributed by atoms with Gasteiger partial charge in [-0.15, -0.1) is 0 Å². The fraction of sp³-hybridized carbons (Fsp3) is 0.452. The molecule has 0 bridgehead atoms. The molecule has 41 heavy (non-hydrogen) atoms. The summed E-state index contributed by atoms with van der Waals surface area (Å²) < 4.78 is 34.3. The Bertz CT molecular complexity index is 1340. The molecule has 1 atom stereocenters. The first-order valence-corrected chi connectivity index (χ1v) is 14.4. The van der Waals surface area contributed by atoms with Crippen LogP contribution in [0, 0.1) is 11.6 Å². The summed E-state index contributed by atoms with van der Waals surface area (Å²) in [6.45, 7) is 7.10. The Kier molecular flexibility index (Phi) is 8.23. The van der Waals surface area contributed by atoms with Gasteiger partial charge in [0.15, 0.2) is 11.6 Å². The number of piperidine rings is 1. The SMILES string of the molecule is COc1cc(N2CCC(N3CCN(C)CC3)CC2)ccc1Nc1cc(N2OCCC2c2cccc(F)c2F)ccn1. The van der Waals surface area contributed by atoms with Crippen LogP contribution in [0.3, 0.4) is 0 Å². The summed E-state index contributed by atoms with van der Waals surface area (Å²) in [6, 6.07) is 14.3. The predicted octanol–water partition coefficient (Wildman–Crippen LogP) is 5.21. The summed E-state index contributed by atoms with van der Waals surface area (Å²) in [5.41, 5.74) is 2.92. The lowest BCUT2D eigenvalue weighted by Gasteiger charge is -2.42. The maximum atomic E-state index is 14.6. The summed E-state index contributed by atoms with van der Waals surface area (Å²) >= 11 is 0. The van der Waals surface area contributed by atoms with Crippen LogP contribution >= 0.6 is 0 Å². The van der Waals surface area contributed by atoms with Crippen LogP contribution < -0.4 is 20.0 Å². The molecule has 0 spiro atoms. The summed E-state index contributed by atoms with van der Waals surface area (Å²) in [6.07, 6.45) is 4.56. The van der Waals surface area contributed by atoms with E-state index in [1.165, 1.54) is 18.9 Å². The second-order valence-electron chi connectivity index (χ2n) is 11.1. The first-order chi connectivity index (χ1) is 20.0. The van der Waals surface area contributed by atoms with E-state index < -0.39 is 17.7 Å². The largest absolute Gasteiger partial charge is 0.494 e. The van der Waals surface area contributed by atoms with E-state index in [1.807, 2.05) is 12.1 Å². The highest BCUT2D eigenvalue weighted by molar-refractivity contribution is 5.70. The third-order valence-electron chi connectivity index (χ3n) is 8.57. The Morgan fingerprint density at radius 3 is 2.51 bits per heavy atom. The van der Waals surface area contributed by atoms with Crippen molar-refractivity contribution >= 4 is 22.9 Å². The van der Waals surface area contributed by atoms with Crippen molar-refractivity contribution in [2.45, 2.75) is 31.3 Å². The van der Waals surface area contributed by atoms with Gasteiger partial charge in [-0.3, -0.25) is 9.74 Å². The third-order valence-corrected chi connectivity index (χ3v) is 8.57. The van der Waals surface area contributed by atoms with Crippen LogP contribution in [-0.2, 0) is 4.84 Å². The number of piperazine rings is 1. The minimum absolute atomic E-state index is 0.277. The lowest BCUT2D eigenvalue weighted by Crippen LogP contribution is -2.52. The van der Waals surface area contributed by atoms with Gasteiger partial charge in [-0.1, -0.05) is 12.1 Å². The molecule has 6 rings (SSSR count). The molecule has 1 unspecified atom stereocenters. The Balaban J connectivity index is 1.13. The highest BCUT2D eigenvalue weighted by Gasteiger charge is 2.31. The Labute approximate surface area is 240 Å². The molecule has 3 aliphatic rings. The second-order valence-corrected chi connectivity index (χ2v) is 11.1. The average molecular weight is 565 g/mol. The molecule has 0 amide bonds. The van der Waals surface area contributed by atoms with Gasteiger partial charge in [0, 0.05) is 81.3 Å². The summed E-state index contributed by atoms with van der Waals surface area (Å²) in [7, 11) is 3.87. The molecule has 3 fully saturated rings. The van der Waals surface area contributed by atoms with Crippen molar-refractivity contribution in [2.24, 2.45) is 0 Å². The Morgan fingerprint density at radius 2 is 1.73 bits per heavy atom. The first-order valence-electron chi connectivity index (χ1n) is 14.4. The number of likely N-dealkylation sites (N-methyl/N-ethyl adjacent to an activating group) is 1. The summed E-state index contributed by atoms with van der Waals surface area (Å²) in [5.74, 6) is -0.376. The number of aromatic nitrogens is 1. The van der Waals surface area contributed by atoms with Crippen LogP contribution in [0.15, 0.2) is 54.7 Å². The van der Waals surface area contributed by atoms with Crippen LogP contribution in [0.1, 0.15) is 30.9 Å². The van der Waals surface area contributed by atoms with Crippen LogP contribution in [0.25, 0.3) is 0 Å². The second kappa shape index (κ2) is 12.2. The number of rotatable bonds is 7. The number of ether oxygens (including phenoxy) is 1. The standard InChI is InChI=1S/C31H38F2N6O2/c1-36-15-17-38(18-16-36)22-9-13-37(14-10-22)23-6-7-27(29(20-23)40-2)35-30-21-24(8-12-34-30)39-28(11-19-41-39)25-4-3-5-26(32)31(25)33/h3-8,12,20-22,28H,9-11,13-19H2,1-2H3,(H,34,35). The maximum Gasteiger partial charge on any atom is 0.164 e. The molecule has 4 heterocycles. The third kappa shape index (κ3) is 5.95. The number of nitrogens with zero attached hydrogens (tertiary/aromatic N) is 5. The van der Waals surface area contributed by atoms with Crippen LogP contribution in [0.2, 0.25) is 0 Å². The molecule has 1 N–H and O–H groups in total. The molecule has 218 valence electrons. The number of hydrogen-bond donors (Lipinski definition) is 1. The predicted molar refractivity (Wildman–Crippen MR) is 157 cm³/mol. The van der Waals surface area contributed by atoms with Gasteiger partial charge in [-0.2, -0.15) is 0 Å². The number of anilines is 4. The smallest absolute Gasteiger partial charge is 0.164 e. The molecule has 0 radical (unpaired) electrons. The monoisotopic (exact) mass is 564 g/mol. The fourth-order valence-electron chi connectivity index (χ4n) is 6.20. The Hall–Kier alpha value is -3.47. The van der Waals surface area contributed by atoms with E-state index in [0.29, 0.717) is 30.6 Å². The minimum atomic E-state index is -0.860. The van der Waals surface area contributed by atoms with Crippen molar-refractivity contribution in [3.8, 4) is 5.75 Å². The maximum absolute atomic E-state index is 14.6. The fourth-order valence-corrected chi connectivity index (χ4v) is 6.20. The van der Waals surface area contributed by atoms with E-state index in [-0.39, 0.29) is 5.56 Å². The quantitative estimate of drug-likeness (QED) is 0.420. The van der Waals surface area contributed by atoms with Gasteiger partial charge in [0.2, 0.25) is 0 Å². The number of hydrogen-bond acceptors (Lipinski definition) is 8. The van der Waals surface area contributed by atoms with Gasteiger partial charge in [-0.05, 0) is 44.2 Å². The molecule has 10 heteroatoms. The van der Waals surface area contributed by atoms with E-state index in [4.69, 9.17) is 9.57 Å². The van der Waals surface area contributed by atoms with Gasteiger partial charge in [0.25, 0.3) is 0 Å². The zero-order valence-corrected chi connectivity index (χ0v) is 23.7. The van der Waals surface area contributed by atoms with E-state index >= 15 is 0 Å². The van der Waals surface area contributed by atoms with E-state index in [0.717, 1.165) is 62.5 Å². The number of methoxy groups -OCH3 is 1. The normalized spacial score (nSPS) is 20.9. The highest BCUT2D eigenvalue weighted by atomic mass is 19.2. The molecular weight excluding hydrogens is 526 g/mol. The van der Waals surface area contributed by atoms with Gasteiger partial charge in [0.05, 0.1) is 31.1 Å². The van der Waals surface area contributed by atoms with E-state index in [9.17, 15) is 8.78 Å². The van der Waals surface area contributed by atoms with Gasteiger partial charge in [-0.25, -0.2) is 18.8 Å². The van der Waals surface area contributed by atoms with Crippen molar-refractivity contribution in [3.05, 3.63) is 71.9 Å². The average Bonchev–Trinajstić information content (AvgIpc) is 3.49. The summed E-state index contributed by atoms with van der Waals surface area (Å²) in [4.78, 5) is 17.8. The zero-order valence-electron chi connectivity index (χ0n) is 23.7. The Morgan fingerprint density at radius 1 is 0.927 bits per heavy atom. The van der Waals surface area contributed by atoms with Crippen molar-refractivity contribution in [2.75, 3.05) is 75.3 Å². The molecule has 3 saturated heterocycles. The van der Waals surface area contributed by atoms with Crippen molar-refractivity contribution in [1.29, 1.82) is 0 Å². The van der Waals surface area contributed by atoms with Crippen molar-refractivity contribution in [3.63, 3.8) is 0 Å². The number of halogens is 2. The molecule has 3 aromatic rings. The topological polar surface area (TPSA) is 56.3 Å². The highest BCUT2D eigenvalue weighted by Crippen LogP contribution is 2.38. The zero-order chi connectivity index (χ0) is 28.3. The van der Waals surface area contributed by atoms with E-state index in [2.05, 4.69) is 44.2 Å². The van der Waals surface area contributed by atoms with Gasteiger partial charge < -0.3 is 19.9 Å². The van der Waals surface area contributed by atoms with Gasteiger partial charge in [0.1, 0.15) is 11.6 Å². The van der Waals surface area contributed by atoms with Crippen molar-refractivity contribution in [1.82, 2.24) is 14.8 Å². The number of benzene rings is 2. The lowest BCUT2D eigenvalue weighted by molar-refractivity contribution is 0.0982. The summed E-state index contributed by atoms with van der Waals surface area (Å²) in [5, 5.41) is 5.00. The molecule has 1 aromatic heterocycles. The lowest BCUT2D eigenvalue weighted by atomic mass is 10.0. The van der Waals surface area contributed by atoms with Crippen LogP contribution in [-0.4, -0.2) is 80.9 Å². The number of pyridine rings is 1. The number of nitrogens with one attached hydrogen (secondary N) is 1.